The zero-order valence-corrected chi connectivity index (χ0v) is 15.7. The molecule has 0 bridgehead atoms. The summed E-state index contributed by atoms with van der Waals surface area (Å²) in [5.74, 6) is 0.547. The second-order valence-electron chi connectivity index (χ2n) is 7.62. The average Bonchev–Trinajstić information content (AvgIpc) is 3.15. The molecule has 29 heavy (non-hydrogen) atoms. The van der Waals surface area contributed by atoms with Gasteiger partial charge in [0, 0.05) is 22.6 Å². The third-order valence-corrected chi connectivity index (χ3v) is 5.48. The first-order valence-electron chi connectivity index (χ1n) is 9.21. The van der Waals surface area contributed by atoms with Gasteiger partial charge in [0.2, 0.25) is 0 Å². The minimum absolute atomic E-state index is 0.285. The predicted molar refractivity (Wildman–Crippen MR) is 104 cm³/mol. The van der Waals surface area contributed by atoms with Gasteiger partial charge in [-0.05, 0) is 31.0 Å². The molecule has 0 radical (unpaired) electrons. The molecule has 0 amide bonds. The van der Waals surface area contributed by atoms with E-state index in [1.54, 1.807) is 49.4 Å². The van der Waals surface area contributed by atoms with Gasteiger partial charge in [-0.1, -0.05) is 31.2 Å². The van der Waals surface area contributed by atoms with Crippen molar-refractivity contribution in [1.29, 1.82) is 0 Å². The first kappa shape index (κ1) is 19.4. The van der Waals surface area contributed by atoms with Crippen LogP contribution in [0.2, 0.25) is 0 Å². The Morgan fingerprint density at radius 2 is 2.03 bits per heavy atom. The lowest BCUT2D eigenvalue weighted by molar-refractivity contribution is -0.235. The number of halogens is 3. The fraction of sp³-hybridized carbons (Fsp3) is 0.333. The van der Waals surface area contributed by atoms with Crippen molar-refractivity contribution in [3.05, 3.63) is 54.2 Å². The van der Waals surface area contributed by atoms with Gasteiger partial charge < -0.3 is 9.84 Å². The van der Waals surface area contributed by atoms with Crippen LogP contribution in [0, 0.1) is 0 Å². The van der Waals surface area contributed by atoms with Crippen LogP contribution in [0.25, 0.3) is 10.9 Å². The first-order chi connectivity index (χ1) is 13.7. The van der Waals surface area contributed by atoms with Gasteiger partial charge in [0.1, 0.15) is 5.75 Å². The Morgan fingerprint density at radius 3 is 2.83 bits per heavy atom. The van der Waals surface area contributed by atoms with Crippen molar-refractivity contribution >= 4 is 22.8 Å². The lowest BCUT2D eigenvalue weighted by atomic mass is 9.70. The fourth-order valence-electron chi connectivity index (χ4n) is 3.85. The van der Waals surface area contributed by atoms with Crippen LogP contribution in [0.3, 0.4) is 0 Å². The number of benzene rings is 2. The molecule has 0 saturated carbocycles. The van der Waals surface area contributed by atoms with Gasteiger partial charge in [0.25, 0.3) is 0 Å². The van der Waals surface area contributed by atoms with Gasteiger partial charge in [0.15, 0.2) is 5.60 Å². The molecule has 2 heterocycles. The minimum atomic E-state index is -4.89. The molecule has 0 spiro atoms. The Balaban J connectivity index is 1.72. The van der Waals surface area contributed by atoms with Gasteiger partial charge in [-0.15, -0.1) is 0 Å². The summed E-state index contributed by atoms with van der Waals surface area (Å²) in [4.78, 5) is 4.01. The maximum atomic E-state index is 14.0. The van der Waals surface area contributed by atoms with Crippen LogP contribution in [-0.2, 0) is 5.41 Å². The molecule has 0 aliphatic carbocycles. The van der Waals surface area contributed by atoms with Crippen LogP contribution >= 0.6 is 0 Å². The number of aromatic nitrogens is 2. The van der Waals surface area contributed by atoms with Crippen LogP contribution in [0.4, 0.5) is 18.9 Å². The molecule has 8 heteroatoms. The molecule has 5 nitrogen and oxygen atoms in total. The van der Waals surface area contributed by atoms with Gasteiger partial charge in [0.05, 0.1) is 24.0 Å². The summed E-state index contributed by atoms with van der Waals surface area (Å²) in [6.07, 6.45) is -3.00. The summed E-state index contributed by atoms with van der Waals surface area (Å²) in [5, 5.41) is 18.0. The smallest absolute Gasteiger partial charge is 0.422 e. The van der Waals surface area contributed by atoms with Crippen LogP contribution in [0.1, 0.15) is 25.3 Å². The lowest BCUT2D eigenvalue weighted by Crippen LogP contribution is -2.51. The van der Waals surface area contributed by atoms with Crippen LogP contribution in [0.5, 0.6) is 5.75 Å². The van der Waals surface area contributed by atoms with Gasteiger partial charge in [-0.2, -0.15) is 18.3 Å². The number of aliphatic imine (C=N–C) groups is 1. The number of aliphatic hydroxyl groups is 1. The normalized spacial score (nSPS) is 21.7. The zero-order chi connectivity index (χ0) is 20.7. The number of ether oxygens (including phenoxy) is 1. The van der Waals surface area contributed by atoms with E-state index in [1.807, 2.05) is 0 Å². The minimum Gasteiger partial charge on any atom is -0.493 e. The highest BCUT2D eigenvalue weighted by molar-refractivity contribution is 5.91. The number of para-hydroxylation sites is 1. The molecule has 152 valence electrons. The molecule has 4 rings (SSSR count). The largest absolute Gasteiger partial charge is 0.493 e. The number of nitrogens with one attached hydrogen (secondary N) is 1. The Hall–Kier alpha value is -2.87. The Labute approximate surface area is 165 Å². The molecule has 1 aliphatic heterocycles. The number of H-pyrrole nitrogens is 1. The van der Waals surface area contributed by atoms with E-state index < -0.39 is 23.6 Å². The van der Waals surface area contributed by atoms with E-state index in [0.717, 1.165) is 0 Å². The molecule has 0 fully saturated rings. The second kappa shape index (κ2) is 6.88. The highest BCUT2D eigenvalue weighted by Crippen LogP contribution is 2.47. The number of hydrogen-bond acceptors (Lipinski definition) is 4. The quantitative estimate of drug-likeness (QED) is 0.621. The molecular weight excluding hydrogens is 383 g/mol. The predicted octanol–water partition coefficient (Wildman–Crippen LogP) is 4.69. The van der Waals surface area contributed by atoms with Crippen molar-refractivity contribution in [3.63, 3.8) is 0 Å². The highest BCUT2D eigenvalue weighted by Gasteiger charge is 2.56. The molecule has 2 aromatic carbocycles. The maximum Gasteiger partial charge on any atom is 0.422 e. The summed E-state index contributed by atoms with van der Waals surface area (Å²) in [5.41, 5.74) is -2.42. The highest BCUT2D eigenvalue weighted by atomic mass is 19.4. The zero-order valence-electron chi connectivity index (χ0n) is 15.7. The van der Waals surface area contributed by atoms with Crippen LogP contribution in [0.15, 0.2) is 53.7 Å². The lowest BCUT2D eigenvalue weighted by Gasteiger charge is -2.41. The van der Waals surface area contributed by atoms with Crippen molar-refractivity contribution in [2.75, 3.05) is 6.61 Å². The number of hydrogen-bond donors (Lipinski definition) is 2. The molecular formula is C21H20F3N3O2. The number of alkyl halides is 3. The summed E-state index contributed by atoms with van der Waals surface area (Å²) in [6.45, 7) is 2.00. The Morgan fingerprint density at radius 1 is 1.24 bits per heavy atom. The van der Waals surface area contributed by atoms with E-state index in [4.69, 9.17) is 4.74 Å². The van der Waals surface area contributed by atoms with E-state index in [0.29, 0.717) is 40.5 Å². The third-order valence-electron chi connectivity index (χ3n) is 5.48. The van der Waals surface area contributed by atoms with E-state index in [1.165, 1.54) is 6.20 Å². The summed E-state index contributed by atoms with van der Waals surface area (Å²) < 4.78 is 47.5. The number of aromatic amines is 1. The van der Waals surface area contributed by atoms with Crippen LogP contribution in [-0.4, -0.2) is 39.9 Å². The average molecular weight is 403 g/mol. The van der Waals surface area contributed by atoms with Crippen molar-refractivity contribution in [1.82, 2.24) is 10.2 Å². The van der Waals surface area contributed by atoms with E-state index >= 15 is 0 Å². The van der Waals surface area contributed by atoms with Crippen molar-refractivity contribution < 1.29 is 23.0 Å². The van der Waals surface area contributed by atoms with Crippen molar-refractivity contribution in [3.8, 4) is 5.75 Å². The molecule has 2 atom stereocenters. The molecule has 3 aromatic rings. The standard InChI is InChI=1S/C21H20F3N3O2/c1-19(9-10-29-18-8-3-2-5-15(18)19)12-20(28,21(22,23)24)13-25-16-6-4-7-17-14(16)11-26-27-17/h2-8,11,13,28H,9-10,12H2,1H3,(H,26,27). The van der Waals surface area contributed by atoms with Crippen molar-refractivity contribution in [2.24, 2.45) is 4.99 Å². The van der Waals surface area contributed by atoms with E-state index in [2.05, 4.69) is 15.2 Å². The van der Waals surface area contributed by atoms with E-state index in [-0.39, 0.29) is 6.61 Å². The molecule has 0 saturated heterocycles. The van der Waals surface area contributed by atoms with E-state index in [9.17, 15) is 18.3 Å². The van der Waals surface area contributed by atoms with Crippen LogP contribution < -0.4 is 4.74 Å². The number of rotatable bonds is 4. The van der Waals surface area contributed by atoms with Gasteiger partial charge in [-0.25, -0.2) is 0 Å². The molecule has 2 unspecified atom stereocenters. The van der Waals surface area contributed by atoms with Gasteiger partial charge >= 0.3 is 6.18 Å². The topological polar surface area (TPSA) is 70.5 Å². The Bertz CT molecular complexity index is 1060. The number of nitrogens with zero attached hydrogens (tertiary/aromatic N) is 2. The fourth-order valence-corrected chi connectivity index (χ4v) is 3.85. The first-order valence-corrected chi connectivity index (χ1v) is 9.21. The summed E-state index contributed by atoms with van der Waals surface area (Å²) in [6, 6.07) is 12.0. The third kappa shape index (κ3) is 3.48. The molecule has 1 aliphatic rings. The second-order valence-corrected chi connectivity index (χ2v) is 7.62. The molecule has 1 aromatic heterocycles. The SMILES string of the molecule is CC1(CC(O)(C=Nc2cccc3[nH]ncc23)C(F)(F)F)CCOc2ccccc21. The summed E-state index contributed by atoms with van der Waals surface area (Å²) >= 11 is 0. The van der Waals surface area contributed by atoms with Crippen molar-refractivity contribution in [2.45, 2.75) is 37.0 Å². The Kier molecular flexibility index (Phi) is 4.61. The monoisotopic (exact) mass is 403 g/mol. The number of fused-ring (bicyclic) bond motifs is 2. The van der Waals surface area contributed by atoms with Gasteiger partial charge in [-0.3, -0.25) is 10.1 Å². The maximum absolute atomic E-state index is 14.0. The summed E-state index contributed by atoms with van der Waals surface area (Å²) in [7, 11) is 0. The molecule has 2 N–H and O–H groups in total.